The summed E-state index contributed by atoms with van der Waals surface area (Å²) in [6.45, 7) is 12.6. The summed E-state index contributed by atoms with van der Waals surface area (Å²) in [5, 5.41) is 7.07. The Morgan fingerprint density at radius 3 is 2.39 bits per heavy atom. The molecule has 0 amide bonds. The zero-order valence-electron chi connectivity index (χ0n) is 14.6. The van der Waals surface area contributed by atoms with Crippen LogP contribution in [0.15, 0.2) is 24.3 Å². The van der Waals surface area contributed by atoms with Gasteiger partial charge in [0.2, 0.25) is 0 Å². The second-order valence-electron chi connectivity index (χ2n) is 6.91. The van der Waals surface area contributed by atoms with E-state index < -0.39 is 0 Å². The zero-order valence-corrected chi connectivity index (χ0v) is 14.6. The summed E-state index contributed by atoms with van der Waals surface area (Å²) in [7, 11) is 0. The van der Waals surface area contributed by atoms with Crippen LogP contribution in [-0.2, 0) is 6.54 Å². The maximum atomic E-state index is 3.64. The zero-order chi connectivity index (χ0) is 15.9. The van der Waals surface area contributed by atoms with Gasteiger partial charge >= 0.3 is 0 Å². The predicted octanol–water partition coefficient (Wildman–Crippen LogP) is 1.92. The van der Waals surface area contributed by atoms with Crippen LogP contribution in [0.25, 0.3) is 0 Å². The highest BCUT2D eigenvalue weighted by Gasteiger charge is 2.15. The lowest BCUT2D eigenvalue weighted by Gasteiger charge is -2.35. The molecule has 2 saturated heterocycles. The number of hydrogen-bond acceptors (Lipinski definition) is 4. The van der Waals surface area contributed by atoms with Gasteiger partial charge in [0.1, 0.15) is 0 Å². The predicted molar refractivity (Wildman–Crippen MR) is 98.1 cm³/mol. The molecule has 4 heteroatoms. The van der Waals surface area contributed by atoms with Crippen LogP contribution in [0.3, 0.4) is 0 Å². The van der Waals surface area contributed by atoms with Crippen molar-refractivity contribution in [2.75, 3.05) is 57.3 Å². The number of anilines is 1. The molecule has 23 heavy (non-hydrogen) atoms. The van der Waals surface area contributed by atoms with Crippen molar-refractivity contribution >= 4 is 5.69 Å². The summed E-state index contributed by atoms with van der Waals surface area (Å²) >= 11 is 0. The molecule has 2 heterocycles. The highest BCUT2D eigenvalue weighted by atomic mass is 15.3. The lowest BCUT2D eigenvalue weighted by molar-refractivity contribution is 0.271. The molecule has 2 aliphatic heterocycles. The van der Waals surface area contributed by atoms with E-state index in [4.69, 9.17) is 0 Å². The Bertz CT molecular complexity index is 445. The Hall–Kier alpha value is -1.10. The lowest BCUT2D eigenvalue weighted by Crippen LogP contribution is -2.46. The third-order valence-corrected chi connectivity index (χ3v) is 5.34. The van der Waals surface area contributed by atoms with Gasteiger partial charge in [-0.1, -0.05) is 19.1 Å². The smallest absolute Gasteiger partial charge is 0.0367 e. The van der Waals surface area contributed by atoms with Gasteiger partial charge in [0.05, 0.1) is 0 Å². The largest absolute Gasteiger partial charge is 0.369 e. The highest BCUT2D eigenvalue weighted by molar-refractivity contribution is 5.48. The van der Waals surface area contributed by atoms with E-state index in [0.717, 1.165) is 32.1 Å². The van der Waals surface area contributed by atoms with E-state index in [-0.39, 0.29) is 0 Å². The number of piperidine rings is 1. The van der Waals surface area contributed by atoms with E-state index in [1.54, 1.807) is 0 Å². The average Bonchev–Trinajstić information content (AvgIpc) is 2.63. The molecule has 0 aliphatic carbocycles. The molecule has 2 N–H and O–H groups in total. The van der Waals surface area contributed by atoms with Gasteiger partial charge in [0.15, 0.2) is 0 Å². The Morgan fingerprint density at radius 1 is 1.04 bits per heavy atom. The normalized spacial score (nSPS) is 20.8. The lowest BCUT2D eigenvalue weighted by atomic mass is 9.98. The number of nitrogens with zero attached hydrogens (tertiary/aromatic N) is 2. The maximum absolute atomic E-state index is 3.64. The maximum Gasteiger partial charge on any atom is 0.0367 e. The number of benzene rings is 1. The van der Waals surface area contributed by atoms with Crippen LogP contribution in [0.4, 0.5) is 5.69 Å². The van der Waals surface area contributed by atoms with E-state index in [0.29, 0.717) is 0 Å². The summed E-state index contributed by atoms with van der Waals surface area (Å²) in [6, 6.07) is 9.17. The van der Waals surface area contributed by atoms with Crippen LogP contribution in [0.5, 0.6) is 0 Å². The van der Waals surface area contributed by atoms with Gasteiger partial charge < -0.3 is 20.4 Å². The Balaban J connectivity index is 1.42. The fraction of sp³-hybridized carbons (Fsp3) is 0.684. The molecule has 2 aliphatic rings. The molecule has 0 atom stereocenters. The van der Waals surface area contributed by atoms with Crippen LogP contribution in [-0.4, -0.2) is 57.3 Å². The van der Waals surface area contributed by atoms with E-state index in [9.17, 15) is 0 Å². The van der Waals surface area contributed by atoms with Crippen LogP contribution in [0.2, 0.25) is 0 Å². The highest BCUT2D eigenvalue weighted by Crippen LogP contribution is 2.17. The molecule has 1 aromatic rings. The molecule has 1 aromatic carbocycles. The molecule has 0 aromatic heterocycles. The number of hydrogen-bond donors (Lipinski definition) is 2. The molecular weight excluding hydrogens is 284 g/mol. The summed E-state index contributed by atoms with van der Waals surface area (Å²) < 4.78 is 0. The summed E-state index contributed by atoms with van der Waals surface area (Å²) in [5.41, 5.74) is 2.78. The van der Waals surface area contributed by atoms with Crippen LogP contribution in [0.1, 0.15) is 25.3 Å². The summed E-state index contributed by atoms with van der Waals surface area (Å²) in [6.07, 6.45) is 2.63. The van der Waals surface area contributed by atoms with E-state index in [1.807, 2.05) is 0 Å². The van der Waals surface area contributed by atoms with Crippen molar-refractivity contribution in [2.24, 2.45) is 5.92 Å². The number of rotatable bonds is 6. The van der Waals surface area contributed by atoms with Crippen molar-refractivity contribution in [1.29, 1.82) is 0 Å². The minimum absolute atomic E-state index is 0.852. The van der Waals surface area contributed by atoms with Crippen molar-refractivity contribution in [3.05, 3.63) is 29.8 Å². The fourth-order valence-corrected chi connectivity index (χ4v) is 3.65. The van der Waals surface area contributed by atoms with Gasteiger partial charge in [-0.2, -0.15) is 0 Å². The minimum Gasteiger partial charge on any atom is -0.369 e. The fourth-order valence-electron chi connectivity index (χ4n) is 3.65. The third kappa shape index (κ3) is 4.93. The van der Waals surface area contributed by atoms with Gasteiger partial charge in [0.25, 0.3) is 0 Å². The van der Waals surface area contributed by atoms with Crippen molar-refractivity contribution < 1.29 is 0 Å². The van der Waals surface area contributed by atoms with Crippen LogP contribution >= 0.6 is 0 Å². The molecule has 4 nitrogen and oxygen atoms in total. The molecule has 2 fully saturated rings. The topological polar surface area (TPSA) is 30.5 Å². The molecule has 0 unspecified atom stereocenters. The Kier molecular flexibility index (Phi) is 6.31. The Morgan fingerprint density at radius 2 is 1.74 bits per heavy atom. The first-order valence-corrected chi connectivity index (χ1v) is 9.33. The first kappa shape index (κ1) is 16.7. The molecule has 3 rings (SSSR count). The molecular formula is C19H32N4. The van der Waals surface area contributed by atoms with Crippen molar-refractivity contribution in [3.63, 3.8) is 0 Å². The van der Waals surface area contributed by atoms with Crippen molar-refractivity contribution in [3.8, 4) is 0 Å². The monoisotopic (exact) mass is 316 g/mol. The van der Waals surface area contributed by atoms with Crippen LogP contribution in [0, 0.1) is 5.92 Å². The van der Waals surface area contributed by atoms with E-state index >= 15 is 0 Å². The van der Waals surface area contributed by atoms with E-state index in [1.165, 1.54) is 56.8 Å². The third-order valence-electron chi connectivity index (χ3n) is 5.34. The standard InChI is InChI=1S/C19H32N4/c1-2-22-11-13-23(14-12-22)19-5-3-17(4-6-19)15-21-16-18-7-9-20-10-8-18/h3-6,18,20-21H,2,7-16H2,1H3. The SMILES string of the molecule is CCN1CCN(c2ccc(CNCC3CCNCC3)cc2)CC1. The molecule has 0 radical (unpaired) electrons. The van der Waals surface area contributed by atoms with Crippen LogP contribution < -0.4 is 15.5 Å². The van der Waals surface area contributed by atoms with Gasteiger partial charge in [0, 0.05) is 38.4 Å². The van der Waals surface area contributed by atoms with Gasteiger partial charge in [-0.15, -0.1) is 0 Å². The summed E-state index contributed by atoms with van der Waals surface area (Å²) in [4.78, 5) is 5.04. The number of likely N-dealkylation sites (N-methyl/N-ethyl adjacent to an activating group) is 1. The first-order valence-electron chi connectivity index (χ1n) is 9.33. The van der Waals surface area contributed by atoms with Crippen molar-refractivity contribution in [1.82, 2.24) is 15.5 Å². The average molecular weight is 316 g/mol. The number of piperazine rings is 1. The molecule has 0 spiro atoms. The molecule has 0 bridgehead atoms. The Labute approximate surface area is 141 Å². The second kappa shape index (κ2) is 8.67. The quantitative estimate of drug-likeness (QED) is 0.839. The minimum atomic E-state index is 0.852. The van der Waals surface area contributed by atoms with Crippen molar-refractivity contribution in [2.45, 2.75) is 26.3 Å². The second-order valence-corrected chi connectivity index (χ2v) is 6.91. The van der Waals surface area contributed by atoms with Gasteiger partial charge in [-0.05, 0) is 62.6 Å². The number of nitrogens with one attached hydrogen (secondary N) is 2. The van der Waals surface area contributed by atoms with Gasteiger partial charge in [-0.3, -0.25) is 0 Å². The van der Waals surface area contributed by atoms with Gasteiger partial charge in [-0.25, -0.2) is 0 Å². The molecule has 128 valence electrons. The molecule has 0 saturated carbocycles. The van der Waals surface area contributed by atoms with E-state index in [2.05, 4.69) is 51.6 Å². The first-order chi connectivity index (χ1) is 11.3. The summed E-state index contributed by atoms with van der Waals surface area (Å²) in [5.74, 6) is 0.852.